The summed E-state index contributed by atoms with van der Waals surface area (Å²) in [5.74, 6) is 0.690. The van der Waals surface area contributed by atoms with Crippen molar-refractivity contribution >= 4 is 29.1 Å². The molecule has 1 fully saturated rings. The van der Waals surface area contributed by atoms with Gasteiger partial charge in [-0.25, -0.2) is 0 Å². The van der Waals surface area contributed by atoms with Crippen molar-refractivity contribution in [3.05, 3.63) is 54.4 Å². The van der Waals surface area contributed by atoms with Crippen LogP contribution >= 0.6 is 11.8 Å². The molecule has 0 saturated heterocycles. The van der Waals surface area contributed by atoms with Gasteiger partial charge in [0, 0.05) is 29.6 Å². The Bertz CT molecular complexity index is 1010. The first-order chi connectivity index (χ1) is 13.6. The molecule has 1 N–H and O–H groups in total. The minimum absolute atomic E-state index is 0.0851. The number of pyridine rings is 1. The highest BCUT2D eigenvalue weighted by molar-refractivity contribution is 7.99. The number of rotatable bonds is 7. The van der Waals surface area contributed by atoms with Crippen LogP contribution in [0, 0.1) is 0 Å². The molecule has 0 atom stereocenters. The zero-order valence-corrected chi connectivity index (χ0v) is 16.1. The molecule has 0 radical (unpaired) electrons. The van der Waals surface area contributed by atoms with Crippen molar-refractivity contribution in [2.24, 2.45) is 0 Å². The monoisotopic (exact) mass is 393 g/mol. The number of carbonyl (C=O) groups is 2. The van der Waals surface area contributed by atoms with Crippen molar-refractivity contribution in [3.8, 4) is 11.4 Å². The molecule has 1 amide bonds. The van der Waals surface area contributed by atoms with E-state index in [-0.39, 0.29) is 17.4 Å². The average Bonchev–Trinajstić information content (AvgIpc) is 3.46. The van der Waals surface area contributed by atoms with E-state index in [0.717, 1.165) is 29.4 Å². The molecule has 2 heterocycles. The Labute approximate surface area is 166 Å². The van der Waals surface area contributed by atoms with Crippen molar-refractivity contribution in [2.75, 3.05) is 11.1 Å². The van der Waals surface area contributed by atoms with Crippen LogP contribution in [0.15, 0.2) is 53.9 Å². The van der Waals surface area contributed by atoms with Gasteiger partial charge in [0.2, 0.25) is 5.91 Å². The molecular weight excluding hydrogens is 374 g/mol. The highest BCUT2D eigenvalue weighted by Gasteiger charge is 2.30. The van der Waals surface area contributed by atoms with Crippen LogP contribution in [0.4, 0.5) is 5.69 Å². The van der Waals surface area contributed by atoms with Crippen molar-refractivity contribution < 1.29 is 9.59 Å². The van der Waals surface area contributed by atoms with Crippen LogP contribution in [0.5, 0.6) is 0 Å². The van der Waals surface area contributed by atoms with Gasteiger partial charge in [0.15, 0.2) is 16.8 Å². The summed E-state index contributed by atoms with van der Waals surface area (Å²) in [6.07, 6.45) is 5.65. The predicted molar refractivity (Wildman–Crippen MR) is 107 cm³/mol. The summed E-state index contributed by atoms with van der Waals surface area (Å²) < 4.78 is 2.10. The summed E-state index contributed by atoms with van der Waals surface area (Å²) in [7, 11) is 0. The number of anilines is 1. The van der Waals surface area contributed by atoms with E-state index in [1.54, 1.807) is 36.7 Å². The number of nitrogens with zero attached hydrogens (tertiary/aromatic N) is 4. The molecule has 1 aromatic carbocycles. The minimum atomic E-state index is -0.188. The van der Waals surface area contributed by atoms with Gasteiger partial charge in [-0.15, -0.1) is 10.2 Å². The number of hydrogen-bond acceptors (Lipinski definition) is 6. The number of hydrogen-bond donors (Lipinski definition) is 1. The first-order valence-electron chi connectivity index (χ1n) is 9.01. The molecular formula is C20H19N5O2S. The normalized spacial score (nSPS) is 13.3. The number of carbonyl (C=O) groups excluding carboxylic acids is 2. The summed E-state index contributed by atoms with van der Waals surface area (Å²) in [5.41, 5.74) is 1.94. The molecule has 4 rings (SSSR count). The number of nitrogens with one attached hydrogen (secondary N) is 1. The van der Waals surface area contributed by atoms with Crippen molar-refractivity contribution in [1.29, 1.82) is 0 Å². The maximum absolute atomic E-state index is 12.4. The van der Waals surface area contributed by atoms with Crippen LogP contribution < -0.4 is 5.32 Å². The van der Waals surface area contributed by atoms with Crippen LogP contribution in [-0.2, 0) is 4.79 Å². The maximum Gasteiger partial charge on any atom is 0.234 e. The lowest BCUT2D eigenvalue weighted by atomic mass is 10.1. The second kappa shape index (κ2) is 7.93. The molecule has 1 aliphatic rings. The number of Topliss-reactive ketones (excluding diaryl/α,β-unsaturated/α-hetero) is 1. The van der Waals surface area contributed by atoms with E-state index >= 15 is 0 Å². The lowest BCUT2D eigenvalue weighted by Gasteiger charge is -2.10. The second-order valence-electron chi connectivity index (χ2n) is 6.59. The number of thioether (sulfide) groups is 1. The zero-order valence-electron chi connectivity index (χ0n) is 15.3. The predicted octanol–water partition coefficient (Wildman–Crippen LogP) is 3.61. The van der Waals surface area contributed by atoms with Gasteiger partial charge in [0.25, 0.3) is 0 Å². The molecule has 1 saturated carbocycles. The second-order valence-corrected chi connectivity index (χ2v) is 7.53. The zero-order chi connectivity index (χ0) is 19.5. The largest absolute Gasteiger partial charge is 0.325 e. The Kier molecular flexibility index (Phi) is 5.21. The summed E-state index contributed by atoms with van der Waals surface area (Å²) in [6.45, 7) is 1.48. The van der Waals surface area contributed by atoms with Crippen LogP contribution in [0.2, 0.25) is 0 Å². The molecule has 0 bridgehead atoms. The topological polar surface area (TPSA) is 89.8 Å². The molecule has 28 heavy (non-hydrogen) atoms. The fourth-order valence-electron chi connectivity index (χ4n) is 2.94. The van der Waals surface area contributed by atoms with Gasteiger partial charge in [-0.2, -0.15) is 0 Å². The molecule has 142 valence electrons. The Hall–Kier alpha value is -3.00. The molecule has 2 aromatic heterocycles. The number of ketones is 1. The Morgan fingerprint density at radius 1 is 1.18 bits per heavy atom. The summed E-state index contributed by atoms with van der Waals surface area (Å²) in [6, 6.07) is 11.2. The molecule has 3 aromatic rings. The standard InChI is InChI=1S/C20H19N5O2S/c1-13(26)16-6-2-3-7-17(16)22-18(27)12-28-20-24-23-19(25(20)15-8-9-15)14-5-4-10-21-11-14/h2-7,10-11,15H,8-9,12H2,1H3,(H,22,27). The Balaban J connectivity index is 1.48. The third kappa shape index (κ3) is 3.96. The molecule has 0 aliphatic heterocycles. The first-order valence-corrected chi connectivity index (χ1v) is 10.00. The van der Waals surface area contributed by atoms with Crippen molar-refractivity contribution in [2.45, 2.75) is 31.0 Å². The number of benzene rings is 1. The first kappa shape index (κ1) is 18.4. The van der Waals surface area contributed by atoms with Crippen molar-refractivity contribution in [1.82, 2.24) is 19.7 Å². The third-order valence-electron chi connectivity index (χ3n) is 4.41. The SMILES string of the molecule is CC(=O)c1ccccc1NC(=O)CSc1nnc(-c2cccnc2)n1C1CC1. The van der Waals surface area contributed by atoms with Crippen LogP contribution in [-0.4, -0.2) is 37.2 Å². The van der Waals surface area contributed by atoms with E-state index in [2.05, 4.69) is 25.1 Å². The van der Waals surface area contributed by atoms with Crippen LogP contribution in [0.1, 0.15) is 36.2 Å². The minimum Gasteiger partial charge on any atom is -0.325 e. The van der Waals surface area contributed by atoms with Crippen LogP contribution in [0.25, 0.3) is 11.4 Å². The lowest BCUT2D eigenvalue weighted by molar-refractivity contribution is -0.113. The van der Waals surface area contributed by atoms with Gasteiger partial charge in [0.05, 0.1) is 11.4 Å². The Morgan fingerprint density at radius 2 is 2.00 bits per heavy atom. The van der Waals surface area contributed by atoms with Gasteiger partial charge in [-0.1, -0.05) is 23.9 Å². The van der Waals surface area contributed by atoms with E-state index in [1.807, 2.05) is 12.1 Å². The van der Waals surface area contributed by atoms with Crippen molar-refractivity contribution in [3.63, 3.8) is 0 Å². The maximum atomic E-state index is 12.4. The smallest absolute Gasteiger partial charge is 0.234 e. The molecule has 0 unspecified atom stereocenters. The number of para-hydroxylation sites is 1. The summed E-state index contributed by atoms with van der Waals surface area (Å²) in [5, 5.41) is 12.2. The highest BCUT2D eigenvalue weighted by Crippen LogP contribution is 2.40. The van der Waals surface area contributed by atoms with Gasteiger partial charge in [0.1, 0.15) is 0 Å². The Morgan fingerprint density at radius 3 is 2.71 bits per heavy atom. The van der Waals surface area contributed by atoms with Gasteiger partial charge >= 0.3 is 0 Å². The molecule has 0 spiro atoms. The van der Waals surface area contributed by atoms with Gasteiger partial charge in [-0.05, 0) is 44.0 Å². The number of amides is 1. The molecule has 1 aliphatic carbocycles. The van der Waals surface area contributed by atoms with E-state index < -0.39 is 0 Å². The summed E-state index contributed by atoms with van der Waals surface area (Å²) in [4.78, 5) is 28.3. The lowest BCUT2D eigenvalue weighted by Crippen LogP contribution is -2.16. The van der Waals surface area contributed by atoms with E-state index in [0.29, 0.717) is 17.3 Å². The average molecular weight is 393 g/mol. The van der Waals surface area contributed by atoms with E-state index in [1.165, 1.54) is 18.7 Å². The van der Waals surface area contributed by atoms with Gasteiger partial charge < -0.3 is 5.32 Å². The van der Waals surface area contributed by atoms with Gasteiger partial charge in [-0.3, -0.25) is 19.1 Å². The van der Waals surface area contributed by atoms with E-state index in [4.69, 9.17) is 0 Å². The number of aromatic nitrogens is 4. The van der Waals surface area contributed by atoms with E-state index in [9.17, 15) is 9.59 Å². The fraction of sp³-hybridized carbons (Fsp3) is 0.250. The molecule has 7 nitrogen and oxygen atoms in total. The summed E-state index contributed by atoms with van der Waals surface area (Å²) >= 11 is 1.34. The molecule has 8 heteroatoms. The van der Waals surface area contributed by atoms with Crippen LogP contribution in [0.3, 0.4) is 0 Å². The third-order valence-corrected chi connectivity index (χ3v) is 5.35. The fourth-order valence-corrected chi connectivity index (χ4v) is 3.75. The quantitative estimate of drug-likeness (QED) is 0.487. The highest BCUT2D eigenvalue weighted by atomic mass is 32.2.